The zero-order chi connectivity index (χ0) is 22.1. The lowest BCUT2D eigenvalue weighted by molar-refractivity contribution is -0.136. The van der Waals surface area contributed by atoms with Gasteiger partial charge in [0.1, 0.15) is 5.76 Å². The van der Waals surface area contributed by atoms with Gasteiger partial charge in [-0.25, -0.2) is 0 Å². The second-order valence-corrected chi connectivity index (χ2v) is 6.72. The molecule has 0 aliphatic rings. The number of aliphatic carboxylic acids is 1. The number of furan rings is 1. The summed E-state index contributed by atoms with van der Waals surface area (Å²) in [5.41, 5.74) is 2.80. The lowest BCUT2D eigenvalue weighted by Gasteiger charge is -2.03. The molecule has 0 aliphatic heterocycles. The van der Waals surface area contributed by atoms with Crippen LogP contribution in [0.4, 0.5) is 0 Å². The van der Waals surface area contributed by atoms with Crippen molar-refractivity contribution < 1.29 is 23.9 Å². The Hall–Kier alpha value is -3.67. The first kappa shape index (κ1) is 22.6. The number of nitrogens with one attached hydrogen (secondary N) is 1. The normalized spacial score (nSPS) is 12.2. The maximum atomic E-state index is 12.4. The van der Waals surface area contributed by atoms with Crippen molar-refractivity contribution in [3.8, 4) is 11.3 Å². The van der Waals surface area contributed by atoms with E-state index in [9.17, 15) is 14.4 Å². The van der Waals surface area contributed by atoms with E-state index in [1.807, 2.05) is 25.1 Å². The third kappa shape index (κ3) is 6.74. The summed E-state index contributed by atoms with van der Waals surface area (Å²) in [7, 11) is 0. The van der Waals surface area contributed by atoms with E-state index in [0.717, 1.165) is 11.1 Å². The van der Waals surface area contributed by atoms with Crippen LogP contribution in [0, 0.1) is 0 Å². The van der Waals surface area contributed by atoms with E-state index in [0.29, 0.717) is 23.4 Å². The number of carboxylic acids is 1. The molecule has 6 nitrogen and oxygen atoms in total. The molecular weight excluding hydrogens is 382 g/mol. The quantitative estimate of drug-likeness (QED) is 0.443. The Balaban J connectivity index is 2.02. The summed E-state index contributed by atoms with van der Waals surface area (Å²) < 4.78 is 5.65. The summed E-state index contributed by atoms with van der Waals surface area (Å²) in [6, 6.07) is 10.3. The first-order valence-corrected chi connectivity index (χ1v) is 9.54. The standard InChI is InChI=1S/C24H25NO5/c1-4-18(11-14-23(27)28)8-5-7-16(2)25-24(29)22-13-12-21(30-22)20-10-6-9-19(15-20)17(3)26/h4-10,12-13,15H,11,14H2,1-3H3,(H,25,29)(H,27,28)/b8-5-,16-7+,18-4+. The third-order valence-electron chi connectivity index (χ3n) is 4.35. The summed E-state index contributed by atoms with van der Waals surface area (Å²) >= 11 is 0. The number of carbonyl (C=O) groups is 3. The largest absolute Gasteiger partial charge is 0.481 e. The Labute approximate surface area is 175 Å². The maximum absolute atomic E-state index is 12.4. The lowest BCUT2D eigenvalue weighted by atomic mass is 10.1. The van der Waals surface area contributed by atoms with Gasteiger partial charge in [0.2, 0.25) is 0 Å². The Kier molecular flexibility index (Phi) is 8.11. The van der Waals surface area contributed by atoms with Crippen LogP contribution in [0.5, 0.6) is 0 Å². The zero-order valence-corrected chi connectivity index (χ0v) is 17.3. The van der Waals surface area contributed by atoms with Gasteiger partial charge in [-0.05, 0) is 51.5 Å². The van der Waals surface area contributed by atoms with E-state index >= 15 is 0 Å². The van der Waals surface area contributed by atoms with Gasteiger partial charge in [0.15, 0.2) is 11.5 Å². The highest BCUT2D eigenvalue weighted by atomic mass is 16.4. The topological polar surface area (TPSA) is 96.6 Å². The predicted octanol–water partition coefficient (Wildman–Crippen LogP) is 5.15. The summed E-state index contributed by atoms with van der Waals surface area (Å²) in [6.07, 6.45) is 7.66. The highest BCUT2D eigenvalue weighted by Gasteiger charge is 2.13. The Morgan fingerprint density at radius 3 is 2.53 bits per heavy atom. The van der Waals surface area contributed by atoms with Crippen LogP contribution >= 0.6 is 0 Å². The number of hydrogen-bond donors (Lipinski definition) is 2. The molecule has 2 aromatic rings. The summed E-state index contributed by atoms with van der Waals surface area (Å²) in [5.74, 6) is -0.610. The van der Waals surface area contributed by atoms with Gasteiger partial charge in [-0.2, -0.15) is 0 Å². The highest BCUT2D eigenvalue weighted by molar-refractivity contribution is 5.95. The molecule has 30 heavy (non-hydrogen) atoms. The minimum Gasteiger partial charge on any atom is -0.481 e. The second-order valence-electron chi connectivity index (χ2n) is 6.72. The predicted molar refractivity (Wildman–Crippen MR) is 115 cm³/mol. The van der Waals surface area contributed by atoms with Crippen LogP contribution in [-0.4, -0.2) is 22.8 Å². The van der Waals surface area contributed by atoms with E-state index in [4.69, 9.17) is 9.52 Å². The van der Waals surface area contributed by atoms with Gasteiger partial charge in [-0.1, -0.05) is 42.0 Å². The number of carboxylic acid groups (broad SMARTS) is 1. The number of ketones is 1. The van der Waals surface area contributed by atoms with Crippen LogP contribution in [0.2, 0.25) is 0 Å². The average molecular weight is 407 g/mol. The van der Waals surface area contributed by atoms with Crippen LogP contribution in [0.15, 0.2) is 76.4 Å². The Morgan fingerprint density at radius 2 is 1.87 bits per heavy atom. The molecule has 2 N–H and O–H groups in total. The van der Waals surface area contributed by atoms with Gasteiger partial charge in [0.05, 0.1) is 0 Å². The van der Waals surface area contributed by atoms with E-state index < -0.39 is 5.97 Å². The second kappa shape index (κ2) is 10.8. The minimum atomic E-state index is -0.840. The molecule has 0 radical (unpaired) electrons. The fourth-order valence-corrected chi connectivity index (χ4v) is 2.68. The molecule has 1 heterocycles. The Morgan fingerprint density at radius 1 is 1.10 bits per heavy atom. The molecule has 0 spiro atoms. The van der Waals surface area contributed by atoms with Crippen molar-refractivity contribution in [2.75, 3.05) is 0 Å². The van der Waals surface area contributed by atoms with Crippen molar-refractivity contribution in [1.82, 2.24) is 5.32 Å². The number of benzene rings is 1. The van der Waals surface area contributed by atoms with Crippen molar-refractivity contribution >= 4 is 17.7 Å². The zero-order valence-electron chi connectivity index (χ0n) is 17.3. The van der Waals surface area contributed by atoms with Crippen molar-refractivity contribution in [1.29, 1.82) is 0 Å². The molecule has 0 fully saturated rings. The SMILES string of the molecule is C\C=C(/C=C\C=C(/C)NC(=O)c1ccc(-c2cccc(C(C)=O)c2)o1)CCC(=O)O. The number of carbonyl (C=O) groups excluding carboxylic acids is 2. The number of Topliss-reactive ketones (excluding diaryl/α,β-unsaturated/α-hetero) is 1. The molecule has 156 valence electrons. The summed E-state index contributed by atoms with van der Waals surface area (Å²) in [5, 5.41) is 11.5. The lowest BCUT2D eigenvalue weighted by Crippen LogP contribution is -2.20. The van der Waals surface area contributed by atoms with Crippen molar-refractivity contribution in [2.24, 2.45) is 0 Å². The van der Waals surface area contributed by atoms with Gasteiger partial charge in [0.25, 0.3) is 5.91 Å². The molecule has 1 aromatic carbocycles. The van der Waals surface area contributed by atoms with Crippen molar-refractivity contribution in [2.45, 2.75) is 33.6 Å². The molecule has 1 aromatic heterocycles. The van der Waals surface area contributed by atoms with E-state index in [2.05, 4.69) is 5.32 Å². The molecule has 0 saturated heterocycles. The molecule has 1 amide bonds. The molecule has 0 atom stereocenters. The average Bonchev–Trinajstić information content (AvgIpc) is 3.21. The number of amides is 1. The Bertz CT molecular complexity index is 1020. The van der Waals surface area contributed by atoms with Crippen molar-refractivity contribution in [3.63, 3.8) is 0 Å². The molecule has 0 saturated carbocycles. The minimum absolute atomic E-state index is 0.0424. The highest BCUT2D eigenvalue weighted by Crippen LogP contribution is 2.23. The number of rotatable bonds is 9. The number of hydrogen-bond acceptors (Lipinski definition) is 4. The molecular formula is C24H25NO5. The summed E-state index contributed by atoms with van der Waals surface area (Å²) in [6.45, 7) is 5.09. The fraction of sp³-hybridized carbons (Fsp3) is 0.208. The first-order valence-electron chi connectivity index (χ1n) is 9.54. The van der Waals surface area contributed by atoms with Gasteiger partial charge < -0.3 is 14.8 Å². The van der Waals surface area contributed by atoms with Crippen LogP contribution in [0.1, 0.15) is 54.5 Å². The number of allylic oxidation sites excluding steroid dienone is 6. The first-order chi connectivity index (χ1) is 14.3. The van der Waals surface area contributed by atoms with Crippen LogP contribution < -0.4 is 5.32 Å². The van der Waals surface area contributed by atoms with Crippen LogP contribution in [0.3, 0.4) is 0 Å². The smallest absolute Gasteiger partial charge is 0.303 e. The molecule has 0 bridgehead atoms. The third-order valence-corrected chi connectivity index (χ3v) is 4.35. The summed E-state index contributed by atoms with van der Waals surface area (Å²) in [4.78, 5) is 34.6. The van der Waals surface area contributed by atoms with E-state index in [1.54, 1.807) is 49.4 Å². The maximum Gasteiger partial charge on any atom is 0.303 e. The van der Waals surface area contributed by atoms with E-state index in [1.165, 1.54) is 6.92 Å². The molecule has 6 heteroatoms. The van der Waals surface area contributed by atoms with E-state index in [-0.39, 0.29) is 23.9 Å². The van der Waals surface area contributed by atoms with Crippen molar-refractivity contribution in [3.05, 3.63) is 83.3 Å². The molecule has 0 unspecified atom stereocenters. The molecule has 2 rings (SSSR count). The van der Waals surface area contributed by atoms with Gasteiger partial charge in [0, 0.05) is 23.2 Å². The van der Waals surface area contributed by atoms with Gasteiger partial charge in [-0.15, -0.1) is 0 Å². The molecule has 0 aliphatic carbocycles. The fourth-order valence-electron chi connectivity index (χ4n) is 2.68. The van der Waals surface area contributed by atoms with Crippen LogP contribution in [0.25, 0.3) is 11.3 Å². The van der Waals surface area contributed by atoms with Gasteiger partial charge >= 0.3 is 5.97 Å². The van der Waals surface area contributed by atoms with Crippen LogP contribution in [-0.2, 0) is 4.79 Å². The van der Waals surface area contributed by atoms with Gasteiger partial charge in [-0.3, -0.25) is 14.4 Å². The monoisotopic (exact) mass is 407 g/mol.